The quantitative estimate of drug-likeness (QED) is 0.0941. The molecule has 0 saturated heterocycles. The van der Waals surface area contributed by atoms with Gasteiger partial charge in [0.25, 0.3) is 20.2 Å². The molecule has 0 aliphatic carbocycles. The van der Waals surface area contributed by atoms with E-state index in [1.165, 1.54) is 48.5 Å². The minimum Gasteiger partial charge on any atom is -0.505 e. The van der Waals surface area contributed by atoms with E-state index in [0.29, 0.717) is 10.8 Å². The standard InChI is InChI=1S/C32H20F2N4O8S2/c33-23-13-17(9-11-25(23)35-37-29-27(47(41,42)43)15-19-5-1-3-7-21(19)31(29)39)18-10-12-26(24(34)14-18)36-38-30-28(48(44,45)46)16-20-6-2-4-8-22(20)32(30)40/h1-16,39-40H,(H,41,42,43)(H,44,45,46). The summed E-state index contributed by atoms with van der Waals surface area (Å²) in [4.78, 5) is -1.48. The van der Waals surface area contributed by atoms with E-state index >= 15 is 8.78 Å². The molecular formula is C32H20F2N4O8S2. The lowest BCUT2D eigenvalue weighted by Crippen LogP contribution is -1.99. The molecule has 6 aromatic rings. The Morgan fingerprint density at radius 2 is 0.875 bits per heavy atom. The van der Waals surface area contributed by atoms with Gasteiger partial charge in [0.1, 0.15) is 32.5 Å². The number of azo groups is 2. The molecule has 0 heterocycles. The first kappa shape index (κ1) is 32.3. The fourth-order valence-electron chi connectivity index (χ4n) is 4.91. The van der Waals surface area contributed by atoms with Crippen LogP contribution in [0.25, 0.3) is 32.7 Å². The van der Waals surface area contributed by atoms with E-state index in [1.807, 2.05) is 0 Å². The summed E-state index contributed by atoms with van der Waals surface area (Å²) in [5.74, 6) is -3.09. The fourth-order valence-corrected chi connectivity index (χ4v) is 6.23. The van der Waals surface area contributed by atoms with Crippen molar-refractivity contribution in [3.8, 4) is 22.6 Å². The zero-order chi connectivity index (χ0) is 34.4. The van der Waals surface area contributed by atoms with Gasteiger partial charge in [-0.1, -0.05) is 60.7 Å². The summed E-state index contributed by atoms with van der Waals surface area (Å²) in [7, 11) is -9.72. The Hall–Kier alpha value is -5.68. The van der Waals surface area contributed by atoms with Crippen molar-refractivity contribution in [2.75, 3.05) is 0 Å². The number of rotatable bonds is 7. The number of nitrogens with zero attached hydrogens (tertiary/aromatic N) is 4. The second kappa shape index (κ2) is 12.2. The monoisotopic (exact) mass is 690 g/mol. The molecule has 0 aliphatic heterocycles. The second-order valence-corrected chi connectivity index (χ2v) is 13.0. The van der Waals surface area contributed by atoms with Crippen molar-refractivity contribution in [1.82, 2.24) is 0 Å². The first-order valence-electron chi connectivity index (χ1n) is 13.6. The van der Waals surface area contributed by atoms with Crippen LogP contribution in [-0.4, -0.2) is 36.2 Å². The van der Waals surface area contributed by atoms with E-state index in [2.05, 4.69) is 20.5 Å². The maximum atomic E-state index is 15.1. The Labute approximate surface area is 270 Å². The van der Waals surface area contributed by atoms with Crippen LogP contribution in [0.15, 0.2) is 127 Å². The summed E-state index contributed by atoms with van der Waals surface area (Å²) in [5.41, 5.74) is -1.59. The number of hydrogen-bond donors (Lipinski definition) is 4. The molecule has 0 amide bonds. The molecule has 4 N–H and O–H groups in total. The van der Waals surface area contributed by atoms with Gasteiger partial charge in [0, 0.05) is 10.8 Å². The van der Waals surface area contributed by atoms with Gasteiger partial charge in [0.2, 0.25) is 0 Å². The SMILES string of the molecule is O=S(=O)(O)c1cc2ccccc2c(O)c1N=Nc1ccc(-c2ccc(N=Nc3c(S(=O)(=O)O)cc4ccccc4c3O)c(F)c2)cc1F. The molecule has 16 heteroatoms. The molecule has 0 bridgehead atoms. The molecular weight excluding hydrogens is 671 g/mol. The van der Waals surface area contributed by atoms with Gasteiger partial charge in [0.15, 0.2) is 23.1 Å². The highest BCUT2D eigenvalue weighted by Gasteiger charge is 2.23. The van der Waals surface area contributed by atoms with Crippen molar-refractivity contribution in [3.05, 3.63) is 109 Å². The van der Waals surface area contributed by atoms with Crippen LogP contribution in [0.5, 0.6) is 11.5 Å². The van der Waals surface area contributed by atoms with Crippen molar-refractivity contribution >= 4 is 64.5 Å². The van der Waals surface area contributed by atoms with Gasteiger partial charge in [0.05, 0.1) is 0 Å². The molecule has 48 heavy (non-hydrogen) atoms. The Morgan fingerprint density at radius 3 is 1.23 bits per heavy atom. The van der Waals surface area contributed by atoms with Crippen LogP contribution in [0, 0.1) is 11.6 Å². The molecule has 0 spiro atoms. The van der Waals surface area contributed by atoms with E-state index in [4.69, 9.17) is 0 Å². The van der Waals surface area contributed by atoms with E-state index in [1.54, 1.807) is 24.3 Å². The third kappa shape index (κ3) is 6.19. The van der Waals surface area contributed by atoms with Crippen LogP contribution < -0.4 is 0 Å². The van der Waals surface area contributed by atoms with Gasteiger partial charge < -0.3 is 10.2 Å². The summed E-state index contributed by atoms with van der Waals surface area (Å²) >= 11 is 0. The summed E-state index contributed by atoms with van der Waals surface area (Å²) < 4.78 is 97.5. The van der Waals surface area contributed by atoms with E-state index < -0.39 is 64.5 Å². The van der Waals surface area contributed by atoms with Crippen molar-refractivity contribution < 1.29 is 44.9 Å². The molecule has 6 rings (SSSR count). The fraction of sp³-hybridized carbons (Fsp3) is 0. The number of hydrogen-bond acceptors (Lipinski definition) is 10. The Kier molecular flexibility index (Phi) is 8.18. The number of benzene rings is 6. The summed E-state index contributed by atoms with van der Waals surface area (Å²) in [6.45, 7) is 0. The van der Waals surface area contributed by atoms with E-state index in [-0.39, 0.29) is 33.3 Å². The Morgan fingerprint density at radius 1 is 0.500 bits per heavy atom. The number of fused-ring (bicyclic) bond motifs is 2. The predicted octanol–water partition coefficient (Wildman–Crippen LogP) is 8.67. The van der Waals surface area contributed by atoms with Crippen molar-refractivity contribution in [1.29, 1.82) is 0 Å². The van der Waals surface area contributed by atoms with Crippen LogP contribution in [0.1, 0.15) is 0 Å². The Balaban J connectivity index is 1.31. The van der Waals surface area contributed by atoms with Crippen molar-refractivity contribution in [2.45, 2.75) is 9.79 Å². The topological polar surface area (TPSA) is 199 Å². The normalized spacial score (nSPS) is 12.5. The van der Waals surface area contributed by atoms with Crippen LogP contribution in [0.4, 0.5) is 31.5 Å². The van der Waals surface area contributed by atoms with Crippen LogP contribution in [0.2, 0.25) is 0 Å². The molecule has 0 aliphatic rings. The molecule has 0 atom stereocenters. The van der Waals surface area contributed by atoms with Crippen molar-refractivity contribution in [2.24, 2.45) is 20.5 Å². The van der Waals surface area contributed by atoms with Gasteiger partial charge in [-0.3, -0.25) is 9.11 Å². The number of phenols is 2. The maximum Gasteiger partial charge on any atom is 0.296 e. The molecule has 0 fully saturated rings. The number of aromatic hydroxyl groups is 2. The average Bonchev–Trinajstić information content (AvgIpc) is 3.04. The van der Waals surface area contributed by atoms with Gasteiger partial charge >= 0.3 is 0 Å². The summed E-state index contributed by atoms with van der Waals surface area (Å²) in [5, 5.41) is 37.2. The van der Waals surface area contributed by atoms with Gasteiger partial charge in [-0.05, 0) is 58.3 Å². The molecule has 6 aromatic carbocycles. The predicted molar refractivity (Wildman–Crippen MR) is 171 cm³/mol. The van der Waals surface area contributed by atoms with Crippen molar-refractivity contribution in [3.63, 3.8) is 0 Å². The molecule has 0 unspecified atom stereocenters. The molecule has 12 nitrogen and oxygen atoms in total. The minimum absolute atomic E-state index is 0.182. The lowest BCUT2D eigenvalue weighted by atomic mass is 10.0. The zero-order valence-corrected chi connectivity index (χ0v) is 25.7. The van der Waals surface area contributed by atoms with E-state index in [9.17, 15) is 36.2 Å². The number of halogens is 2. The van der Waals surface area contributed by atoms with Gasteiger partial charge in [-0.2, -0.15) is 16.8 Å². The van der Waals surface area contributed by atoms with Gasteiger partial charge in [-0.15, -0.1) is 20.5 Å². The first-order valence-corrected chi connectivity index (χ1v) is 16.5. The van der Waals surface area contributed by atoms with E-state index in [0.717, 1.165) is 24.3 Å². The minimum atomic E-state index is -4.86. The van der Waals surface area contributed by atoms with Gasteiger partial charge in [-0.25, -0.2) is 8.78 Å². The number of phenolic OH excluding ortho intramolecular Hbond substituents is 2. The lowest BCUT2D eigenvalue weighted by Gasteiger charge is -2.09. The zero-order valence-electron chi connectivity index (χ0n) is 24.0. The molecule has 0 saturated carbocycles. The molecule has 242 valence electrons. The molecule has 0 aromatic heterocycles. The smallest absolute Gasteiger partial charge is 0.296 e. The van der Waals surface area contributed by atoms with Crippen LogP contribution in [0.3, 0.4) is 0 Å². The highest BCUT2D eigenvalue weighted by atomic mass is 32.2. The maximum absolute atomic E-state index is 15.1. The average molecular weight is 691 g/mol. The third-order valence-electron chi connectivity index (χ3n) is 7.22. The van der Waals surface area contributed by atoms with Crippen LogP contribution >= 0.6 is 0 Å². The third-order valence-corrected chi connectivity index (χ3v) is 8.95. The summed E-state index contributed by atoms with van der Waals surface area (Å²) in [6.07, 6.45) is 0. The second-order valence-electron chi connectivity index (χ2n) is 10.3. The highest BCUT2D eigenvalue weighted by molar-refractivity contribution is 7.86. The lowest BCUT2D eigenvalue weighted by molar-refractivity contribution is 0.471. The summed E-state index contributed by atoms with van der Waals surface area (Å²) in [6, 6.07) is 21.6. The Bertz CT molecular complexity index is 2400. The first-order chi connectivity index (χ1) is 22.7. The highest BCUT2D eigenvalue weighted by Crippen LogP contribution is 2.43. The van der Waals surface area contributed by atoms with Crippen LogP contribution in [-0.2, 0) is 20.2 Å². The largest absolute Gasteiger partial charge is 0.505 e. The molecule has 0 radical (unpaired) electrons.